The molecule has 0 aromatic carbocycles. The summed E-state index contributed by atoms with van der Waals surface area (Å²) in [6.07, 6.45) is 3.14. The number of hydrogen-bond donors (Lipinski definition) is 1. The van der Waals surface area contributed by atoms with Crippen molar-refractivity contribution >= 4 is 11.7 Å². The second kappa shape index (κ2) is 4.69. The van der Waals surface area contributed by atoms with Gasteiger partial charge in [-0.2, -0.15) is 0 Å². The van der Waals surface area contributed by atoms with Gasteiger partial charge in [0, 0.05) is 18.8 Å². The smallest absolute Gasteiger partial charge is 0.222 e. The average molecular weight is 237 g/mol. The van der Waals surface area contributed by atoms with Crippen molar-refractivity contribution in [3.63, 3.8) is 0 Å². The maximum Gasteiger partial charge on any atom is 0.222 e. The highest BCUT2D eigenvalue weighted by atomic mass is 19.1. The lowest BCUT2D eigenvalue weighted by Gasteiger charge is -2.37. The van der Waals surface area contributed by atoms with E-state index in [9.17, 15) is 9.18 Å². The Labute approximate surface area is 99.6 Å². The molecule has 0 spiro atoms. The number of piperidine rings is 1. The molecule has 0 radical (unpaired) electrons. The maximum atomic E-state index is 13.7. The molecule has 4 nitrogen and oxygen atoms in total. The molecule has 0 bridgehead atoms. The molecular weight excluding hydrogens is 221 g/mol. The summed E-state index contributed by atoms with van der Waals surface area (Å²) in [5.74, 6) is -0.582. The molecular formula is C12H16FN3O. The van der Waals surface area contributed by atoms with Crippen molar-refractivity contribution in [1.29, 1.82) is 0 Å². The van der Waals surface area contributed by atoms with Gasteiger partial charge in [-0.15, -0.1) is 0 Å². The Morgan fingerprint density at radius 2 is 2.35 bits per heavy atom. The van der Waals surface area contributed by atoms with Gasteiger partial charge in [0.2, 0.25) is 5.91 Å². The summed E-state index contributed by atoms with van der Waals surface area (Å²) in [4.78, 5) is 17.1. The predicted octanol–water partition coefficient (Wildman–Crippen LogP) is 1.31. The standard InChI is InChI=1S/C12H16FN3O/c1-8-4-5-9(11(14)17)7-16(8)12-10(13)3-2-6-15-12/h2-3,6,8-9H,4-5,7H2,1H3,(H2,14,17)/t8-,9-/m1/s1. The molecule has 17 heavy (non-hydrogen) atoms. The Hall–Kier alpha value is -1.65. The number of halogens is 1. The average Bonchev–Trinajstić information content (AvgIpc) is 2.30. The minimum atomic E-state index is -0.357. The van der Waals surface area contributed by atoms with Crippen molar-refractivity contribution in [2.75, 3.05) is 11.4 Å². The van der Waals surface area contributed by atoms with Gasteiger partial charge in [0.25, 0.3) is 0 Å². The molecule has 1 aromatic rings. The van der Waals surface area contributed by atoms with Crippen LogP contribution < -0.4 is 10.6 Å². The number of rotatable bonds is 2. The quantitative estimate of drug-likeness (QED) is 0.843. The molecule has 2 atom stereocenters. The summed E-state index contributed by atoms with van der Waals surface area (Å²) in [6.45, 7) is 2.45. The van der Waals surface area contributed by atoms with Crippen LogP contribution >= 0.6 is 0 Å². The van der Waals surface area contributed by atoms with Gasteiger partial charge in [0.1, 0.15) is 0 Å². The highest BCUT2D eigenvalue weighted by Crippen LogP contribution is 2.27. The number of carbonyl (C=O) groups is 1. The van der Waals surface area contributed by atoms with Crippen LogP contribution in [-0.4, -0.2) is 23.5 Å². The molecule has 2 rings (SSSR count). The fourth-order valence-electron chi connectivity index (χ4n) is 2.22. The van der Waals surface area contributed by atoms with Crippen molar-refractivity contribution in [3.8, 4) is 0 Å². The van der Waals surface area contributed by atoms with E-state index in [1.165, 1.54) is 6.07 Å². The zero-order valence-electron chi connectivity index (χ0n) is 9.77. The minimum Gasteiger partial charge on any atom is -0.369 e. The Bertz CT molecular complexity index is 424. The monoisotopic (exact) mass is 237 g/mol. The van der Waals surface area contributed by atoms with E-state index in [1.807, 2.05) is 11.8 Å². The van der Waals surface area contributed by atoms with Crippen LogP contribution in [0.5, 0.6) is 0 Å². The lowest BCUT2D eigenvalue weighted by atomic mass is 9.93. The number of aromatic nitrogens is 1. The molecule has 1 amide bonds. The zero-order valence-corrected chi connectivity index (χ0v) is 9.77. The second-order valence-electron chi connectivity index (χ2n) is 4.49. The highest BCUT2D eigenvalue weighted by Gasteiger charge is 2.30. The fraction of sp³-hybridized carbons (Fsp3) is 0.500. The van der Waals surface area contributed by atoms with Crippen LogP contribution in [0.1, 0.15) is 19.8 Å². The summed E-state index contributed by atoms with van der Waals surface area (Å²) in [7, 11) is 0. The third-order valence-electron chi connectivity index (χ3n) is 3.30. The van der Waals surface area contributed by atoms with Gasteiger partial charge in [-0.05, 0) is 31.9 Å². The van der Waals surface area contributed by atoms with Crippen molar-refractivity contribution in [1.82, 2.24) is 4.98 Å². The van der Waals surface area contributed by atoms with Crippen LogP contribution in [0.4, 0.5) is 10.2 Å². The number of carbonyl (C=O) groups excluding carboxylic acids is 1. The SMILES string of the molecule is C[C@@H]1CC[C@@H](C(N)=O)CN1c1ncccc1F. The molecule has 1 aromatic heterocycles. The Morgan fingerprint density at radius 3 is 3.00 bits per heavy atom. The molecule has 92 valence electrons. The first kappa shape index (κ1) is 11.8. The largest absolute Gasteiger partial charge is 0.369 e. The van der Waals surface area contributed by atoms with Gasteiger partial charge in [-0.3, -0.25) is 4.79 Å². The van der Waals surface area contributed by atoms with E-state index in [4.69, 9.17) is 5.73 Å². The molecule has 2 heterocycles. The van der Waals surface area contributed by atoms with Gasteiger partial charge in [-0.1, -0.05) is 0 Å². The number of amides is 1. The summed E-state index contributed by atoms with van der Waals surface area (Å²) < 4.78 is 13.7. The lowest BCUT2D eigenvalue weighted by molar-refractivity contribution is -0.122. The van der Waals surface area contributed by atoms with Crippen LogP contribution in [0.25, 0.3) is 0 Å². The molecule has 5 heteroatoms. The lowest BCUT2D eigenvalue weighted by Crippen LogP contribution is -2.46. The predicted molar refractivity (Wildman–Crippen MR) is 62.9 cm³/mol. The van der Waals surface area contributed by atoms with Crippen LogP contribution in [0.15, 0.2) is 18.3 Å². The number of pyridine rings is 1. The number of primary amides is 1. The molecule has 0 aliphatic carbocycles. The van der Waals surface area contributed by atoms with Crippen molar-refractivity contribution in [2.45, 2.75) is 25.8 Å². The van der Waals surface area contributed by atoms with E-state index in [2.05, 4.69) is 4.98 Å². The van der Waals surface area contributed by atoms with E-state index in [0.717, 1.165) is 12.8 Å². The molecule has 1 fully saturated rings. The minimum absolute atomic E-state index is 0.176. The molecule has 1 aliphatic rings. The van der Waals surface area contributed by atoms with Crippen molar-refractivity contribution in [2.24, 2.45) is 11.7 Å². The van der Waals surface area contributed by atoms with Gasteiger partial charge >= 0.3 is 0 Å². The van der Waals surface area contributed by atoms with Crippen LogP contribution in [0, 0.1) is 11.7 Å². The number of nitrogens with zero attached hydrogens (tertiary/aromatic N) is 2. The number of hydrogen-bond acceptors (Lipinski definition) is 3. The third-order valence-corrected chi connectivity index (χ3v) is 3.30. The number of nitrogens with two attached hydrogens (primary N) is 1. The topological polar surface area (TPSA) is 59.2 Å². The Morgan fingerprint density at radius 1 is 1.59 bits per heavy atom. The molecule has 2 N–H and O–H groups in total. The first-order valence-electron chi connectivity index (χ1n) is 5.76. The second-order valence-corrected chi connectivity index (χ2v) is 4.49. The molecule has 1 saturated heterocycles. The van der Waals surface area contributed by atoms with E-state index < -0.39 is 0 Å². The van der Waals surface area contributed by atoms with Crippen molar-refractivity contribution < 1.29 is 9.18 Å². The summed E-state index contributed by atoms with van der Waals surface area (Å²) >= 11 is 0. The van der Waals surface area contributed by atoms with Gasteiger partial charge in [-0.25, -0.2) is 9.37 Å². The molecule has 0 unspecified atom stereocenters. The van der Waals surface area contributed by atoms with E-state index >= 15 is 0 Å². The summed E-state index contributed by atoms with van der Waals surface area (Å²) in [6, 6.07) is 3.11. The highest BCUT2D eigenvalue weighted by molar-refractivity contribution is 5.77. The van der Waals surface area contributed by atoms with Crippen LogP contribution in [-0.2, 0) is 4.79 Å². The van der Waals surface area contributed by atoms with Crippen LogP contribution in [0.3, 0.4) is 0 Å². The first-order valence-corrected chi connectivity index (χ1v) is 5.76. The van der Waals surface area contributed by atoms with Crippen LogP contribution in [0.2, 0.25) is 0 Å². The zero-order chi connectivity index (χ0) is 12.4. The van der Waals surface area contributed by atoms with E-state index in [0.29, 0.717) is 12.4 Å². The third kappa shape index (κ3) is 2.38. The Balaban J connectivity index is 2.24. The number of anilines is 1. The maximum absolute atomic E-state index is 13.7. The van der Waals surface area contributed by atoms with Crippen molar-refractivity contribution in [3.05, 3.63) is 24.1 Å². The van der Waals surface area contributed by atoms with Gasteiger partial charge in [0.05, 0.1) is 5.92 Å². The Kier molecular flexibility index (Phi) is 3.26. The first-order chi connectivity index (χ1) is 8.09. The van der Waals surface area contributed by atoms with E-state index in [-0.39, 0.29) is 23.7 Å². The normalized spacial score (nSPS) is 24.7. The van der Waals surface area contributed by atoms with Gasteiger partial charge in [0.15, 0.2) is 11.6 Å². The molecule has 0 saturated carbocycles. The van der Waals surface area contributed by atoms with E-state index in [1.54, 1.807) is 12.3 Å². The summed E-state index contributed by atoms with van der Waals surface area (Å²) in [5.41, 5.74) is 5.31. The fourth-order valence-corrected chi connectivity index (χ4v) is 2.22. The molecule has 1 aliphatic heterocycles. The summed E-state index contributed by atoms with van der Waals surface area (Å²) in [5, 5.41) is 0. The van der Waals surface area contributed by atoms with Gasteiger partial charge < -0.3 is 10.6 Å².